The topological polar surface area (TPSA) is 34.9 Å². The molecule has 1 fully saturated rings. The van der Waals surface area contributed by atoms with Crippen molar-refractivity contribution in [2.45, 2.75) is 75.6 Å². The second-order valence-electron chi connectivity index (χ2n) is 6.37. The number of rotatable bonds is 3. The van der Waals surface area contributed by atoms with Crippen molar-refractivity contribution in [1.82, 2.24) is 9.55 Å². The summed E-state index contributed by atoms with van der Waals surface area (Å²) in [4.78, 5) is 17.6. The van der Waals surface area contributed by atoms with E-state index >= 15 is 0 Å². The second-order valence-corrected chi connectivity index (χ2v) is 7.60. The fourth-order valence-corrected chi connectivity index (χ4v) is 5.27. The highest BCUT2D eigenvalue weighted by Gasteiger charge is 2.40. The lowest BCUT2D eigenvalue weighted by atomic mass is 9.80. The van der Waals surface area contributed by atoms with Crippen LogP contribution in [-0.2, 0) is 6.54 Å². The lowest BCUT2D eigenvalue weighted by molar-refractivity contribution is 0.358. The van der Waals surface area contributed by atoms with Gasteiger partial charge >= 0.3 is 0 Å². The van der Waals surface area contributed by atoms with Gasteiger partial charge in [0, 0.05) is 17.7 Å². The van der Waals surface area contributed by atoms with Crippen molar-refractivity contribution in [2.24, 2.45) is 5.92 Å². The van der Waals surface area contributed by atoms with E-state index in [1.807, 2.05) is 23.3 Å². The summed E-state index contributed by atoms with van der Waals surface area (Å²) in [5.74, 6) is 2.14. The zero-order valence-electron chi connectivity index (χ0n) is 12.7. The minimum atomic E-state index is 0.246. The maximum atomic E-state index is 12.8. The average Bonchev–Trinajstić information content (AvgIpc) is 2.75. The van der Waals surface area contributed by atoms with Crippen LogP contribution in [0, 0.1) is 12.8 Å². The molecule has 0 N–H and O–H groups in total. The zero-order valence-corrected chi connectivity index (χ0v) is 13.5. The molecular formula is C16H24N2OS. The van der Waals surface area contributed by atoms with Crippen LogP contribution in [0.15, 0.2) is 9.82 Å². The normalized spacial score (nSPS) is 28.2. The van der Waals surface area contributed by atoms with Gasteiger partial charge in [-0.15, -0.1) is 11.8 Å². The van der Waals surface area contributed by atoms with Crippen molar-refractivity contribution in [3.05, 3.63) is 21.7 Å². The van der Waals surface area contributed by atoms with Crippen LogP contribution in [0.3, 0.4) is 0 Å². The molecule has 1 aliphatic heterocycles. The highest BCUT2D eigenvalue weighted by molar-refractivity contribution is 8.00. The molecule has 4 heteroatoms. The highest BCUT2D eigenvalue weighted by Crippen LogP contribution is 2.50. The summed E-state index contributed by atoms with van der Waals surface area (Å²) in [6.45, 7) is 7.29. The average molecular weight is 292 g/mol. The van der Waals surface area contributed by atoms with Crippen molar-refractivity contribution in [2.75, 3.05) is 0 Å². The molecule has 20 heavy (non-hydrogen) atoms. The Hall–Kier alpha value is -0.770. The molecule has 0 bridgehead atoms. The lowest BCUT2D eigenvalue weighted by Crippen LogP contribution is -2.30. The highest BCUT2D eigenvalue weighted by atomic mass is 32.2. The van der Waals surface area contributed by atoms with Gasteiger partial charge in [-0.25, -0.2) is 4.98 Å². The van der Waals surface area contributed by atoms with Gasteiger partial charge in [0.2, 0.25) is 0 Å². The Morgan fingerprint density at radius 3 is 2.95 bits per heavy atom. The number of nitrogens with zero attached hydrogens (tertiary/aromatic N) is 2. The number of unbranched alkanes of at least 4 members (excludes halogenated alkanes) is 1. The first-order valence-corrected chi connectivity index (χ1v) is 8.77. The zero-order chi connectivity index (χ0) is 14.3. The van der Waals surface area contributed by atoms with Gasteiger partial charge in [-0.1, -0.05) is 26.7 Å². The Balaban J connectivity index is 1.99. The lowest BCUT2D eigenvalue weighted by Gasteiger charge is -2.28. The third kappa shape index (κ3) is 2.32. The largest absolute Gasteiger partial charge is 0.297 e. The molecule has 0 spiro atoms. The first-order valence-electron chi connectivity index (χ1n) is 7.89. The molecule has 0 aromatic carbocycles. The van der Waals surface area contributed by atoms with Crippen molar-refractivity contribution in [1.29, 1.82) is 0 Å². The molecule has 1 aromatic heterocycles. The molecule has 0 amide bonds. The number of hydrogen-bond acceptors (Lipinski definition) is 3. The van der Waals surface area contributed by atoms with Crippen LogP contribution in [-0.4, -0.2) is 14.8 Å². The summed E-state index contributed by atoms with van der Waals surface area (Å²) in [7, 11) is 0. The molecule has 3 nitrogen and oxygen atoms in total. The molecule has 3 atom stereocenters. The van der Waals surface area contributed by atoms with E-state index in [1.165, 1.54) is 19.3 Å². The van der Waals surface area contributed by atoms with Crippen LogP contribution in [0.1, 0.15) is 63.3 Å². The number of thioether (sulfide) groups is 1. The number of hydrogen-bond donors (Lipinski definition) is 0. The quantitative estimate of drug-likeness (QED) is 0.796. The van der Waals surface area contributed by atoms with E-state index in [4.69, 9.17) is 4.98 Å². The maximum Gasteiger partial charge on any atom is 0.258 e. The summed E-state index contributed by atoms with van der Waals surface area (Å²) < 4.78 is 1.91. The van der Waals surface area contributed by atoms with Gasteiger partial charge in [-0.3, -0.25) is 9.36 Å². The third-order valence-corrected chi connectivity index (χ3v) is 6.14. The van der Waals surface area contributed by atoms with Gasteiger partial charge in [-0.2, -0.15) is 0 Å². The Morgan fingerprint density at radius 2 is 2.20 bits per heavy atom. The van der Waals surface area contributed by atoms with E-state index < -0.39 is 0 Å². The number of fused-ring (bicyclic) bond motifs is 3. The van der Waals surface area contributed by atoms with Crippen molar-refractivity contribution in [3.63, 3.8) is 0 Å². The summed E-state index contributed by atoms with van der Waals surface area (Å²) in [5, 5.41) is 1.62. The molecule has 0 radical (unpaired) electrons. The van der Waals surface area contributed by atoms with Crippen LogP contribution >= 0.6 is 11.8 Å². The van der Waals surface area contributed by atoms with Gasteiger partial charge in [0.1, 0.15) is 10.9 Å². The predicted octanol–water partition coefficient (Wildman–Crippen LogP) is 3.73. The smallest absolute Gasteiger partial charge is 0.258 e. The predicted molar refractivity (Wildman–Crippen MR) is 83.5 cm³/mol. The van der Waals surface area contributed by atoms with Crippen LogP contribution < -0.4 is 5.56 Å². The Labute approximate surface area is 125 Å². The van der Waals surface area contributed by atoms with Gasteiger partial charge in [0.15, 0.2) is 0 Å². The molecule has 1 saturated carbocycles. The summed E-state index contributed by atoms with van der Waals surface area (Å²) in [6.07, 6.45) is 5.82. The van der Waals surface area contributed by atoms with Crippen LogP contribution in [0.25, 0.3) is 0 Å². The van der Waals surface area contributed by atoms with Crippen LogP contribution in [0.2, 0.25) is 0 Å². The molecule has 110 valence electrons. The monoisotopic (exact) mass is 292 g/mol. The second kappa shape index (κ2) is 5.55. The molecule has 1 aromatic rings. The first-order chi connectivity index (χ1) is 9.61. The molecule has 3 unspecified atom stereocenters. The third-order valence-electron chi connectivity index (χ3n) is 4.78. The molecule has 3 rings (SSSR count). The van der Waals surface area contributed by atoms with E-state index in [-0.39, 0.29) is 5.56 Å². The van der Waals surface area contributed by atoms with Gasteiger partial charge in [-0.05, 0) is 32.1 Å². The van der Waals surface area contributed by atoms with E-state index in [0.717, 1.165) is 41.7 Å². The fourth-order valence-electron chi connectivity index (χ4n) is 3.57. The fraction of sp³-hybridized carbons (Fsp3) is 0.750. The first kappa shape index (κ1) is 14.2. The Morgan fingerprint density at radius 1 is 1.40 bits per heavy atom. The minimum absolute atomic E-state index is 0.246. The maximum absolute atomic E-state index is 12.8. The van der Waals surface area contributed by atoms with Gasteiger partial charge < -0.3 is 0 Å². The van der Waals surface area contributed by atoms with E-state index in [1.54, 1.807) is 0 Å². The summed E-state index contributed by atoms with van der Waals surface area (Å²) >= 11 is 1.86. The van der Waals surface area contributed by atoms with Crippen LogP contribution in [0.4, 0.5) is 0 Å². The van der Waals surface area contributed by atoms with Crippen molar-refractivity contribution >= 4 is 11.8 Å². The van der Waals surface area contributed by atoms with E-state index in [2.05, 4.69) is 13.8 Å². The van der Waals surface area contributed by atoms with E-state index in [9.17, 15) is 4.79 Å². The van der Waals surface area contributed by atoms with Crippen molar-refractivity contribution in [3.8, 4) is 0 Å². The SMILES string of the molecule is CCCCn1c(C)nc2c(c1=O)C1CCC(C)CC1S2. The van der Waals surface area contributed by atoms with E-state index in [0.29, 0.717) is 11.2 Å². The van der Waals surface area contributed by atoms with Crippen molar-refractivity contribution < 1.29 is 0 Å². The van der Waals surface area contributed by atoms with Gasteiger partial charge in [0.25, 0.3) is 5.56 Å². The Kier molecular flexibility index (Phi) is 3.93. The summed E-state index contributed by atoms with van der Waals surface area (Å²) in [6, 6.07) is 0. The number of aromatic nitrogens is 2. The summed E-state index contributed by atoms with van der Waals surface area (Å²) in [5.41, 5.74) is 1.28. The molecule has 2 heterocycles. The Bertz CT molecular complexity index is 566. The number of aryl methyl sites for hydroxylation is 1. The standard InChI is InChI=1S/C16H24N2OS/c1-4-5-8-18-11(3)17-15-14(16(18)19)12-7-6-10(2)9-13(12)20-15/h10,12-13H,4-9H2,1-3H3. The molecule has 2 aliphatic rings. The van der Waals surface area contributed by atoms with Crippen LogP contribution in [0.5, 0.6) is 0 Å². The minimum Gasteiger partial charge on any atom is -0.297 e. The van der Waals surface area contributed by atoms with Gasteiger partial charge in [0.05, 0.1) is 5.56 Å². The molecule has 0 saturated heterocycles. The molecular weight excluding hydrogens is 268 g/mol. The molecule has 1 aliphatic carbocycles.